The van der Waals surface area contributed by atoms with Crippen LogP contribution in [0.25, 0.3) is 0 Å². The van der Waals surface area contributed by atoms with Crippen molar-refractivity contribution in [1.29, 1.82) is 0 Å². The highest BCUT2D eigenvalue weighted by molar-refractivity contribution is 7.89. The molecule has 1 amide bonds. The van der Waals surface area contributed by atoms with Crippen molar-refractivity contribution in [2.75, 3.05) is 18.9 Å². The normalized spacial score (nSPS) is 11.8. The van der Waals surface area contributed by atoms with Crippen molar-refractivity contribution in [3.05, 3.63) is 41.2 Å². The van der Waals surface area contributed by atoms with Crippen LogP contribution in [0.1, 0.15) is 11.4 Å². The fourth-order valence-corrected chi connectivity index (χ4v) is 3.59. The van der Waals surface area contributed by atoms with E-state index < -0.39 is 34.1 Å². The molecule has 10 heteroatoms. The van der Waals surface area contributed by atoms with Crippen LogP contribution in [-0.4, -0.2) is 42.4 Å². The van der Waals surface area contributed by atoms with E-state index >= 15 is 0 Å². The molecule has 0 aliphatic rings. The number of H-pyrrole nitrogens is 1. The van der Waals surface area contributed by atoms with Gasteiger partial charge >= 0.3 is 0 Å². The molecule has 0 unspecified atom stereocenters. The van der Waals surface area contributed by atoms with Crippen LogP contribution >= 0.6 is 0 Å². The summed E-state index contributed by atoms with van der Waals surface area (Å²) in [5.74, 6) is -2.49. The highest BCUT2D eigenvalue weighted by Gasteiger charge is 2.28. The average molecular weight is 358 g/mol. The molecule has 0 aliphatic heterocycles. The van der Waals surface area contributed by atoms with Crippen molar-refractivity contribution in [2.45, 2.75) is 18.7 Å². The summed E-state index contributed by atoms with van der Waals surface area (Å²) in [6.45, 7) is 2.54. The molecule has 0 saturated carbocycles. The van der Waals surface area contributed by atoms with E-state index in [1.165, 1.54) is 14.0 Å². The summed E-state index contributed by atoms with van der Waals surface area (Å²) >= 11 is 0. The Labute approximate surface area is 137 Å². The topological polar surface area (TPSA) is 95.2 Å². The number of aryl methyl sites for hydroxylation is 2. The Morgan fingerprint density at radius 2 is 2.00 bits per heavy atom. The highest BCUT2D eigenvalue weighted by atomic mass is 32.2. The zero-order chi connectivity index (χ0) is 18.1. The van der Waals surface area contributed by atoms with Crippen LogP contribution in [0, 0.1) is 25.5 Å². The lowest BCUT2D eigenvalue weighted by Crippen LogP contribution is -2.35. The number of aromatic amines is 1. The maximum absolute atomic E-state index is 13.5. The van der Waals surface area contributed by atoms with Crippen molar-refractivity contribution in [1.82, 2.24) is 14.5 Å². The van der Waals surface area contributed by atoms with Gasteiger partial charge in [0.1, 0.15) is 16.5 Å². The minimum atomic E-state index is -3.94. The summed E-state index contributed by atoms with van der Waals surface area (Å²) in [6, 6.07) is 2.66. The number of anilines is 1. The number of amides is 1. The van der Waals surface area contributed by atoms with Gasteiger partial charge in [-0.1, -0.05) is 0 Å². The number of carbonyl (C=O) groups is 1. The molecule has 2 rings (SSSR count). The van der Waals surface area contributed by atoms with Gasteiger partial charge in [-0.15, -0.1) is 0 Å². The molecule has 7 nitrogen and oxygen atoms in total. The van der Waals surface area contributed by atoms with E-state index in [1.807, 2.05) is 0 Å². The summed E-state index contributed by atoms with van der Waals surface area (Å²) < 4.78 is 52.2. The lowest BCUT2D eigenvalue weighted by Gasteiger charge is -2.17. The van der Waals surface area contributed by atoms with Gasteiger partial charge in [0.05, 0.1) is 23.6 Å². The first-order valence-corrected chi connectivity index (χ1v) is 8.29. The molecular formula is C14H16F2N4O3S. The van der Waals surface area contributed by atoms with Gasteiger partial charge in [-0.3, -0.25) is 9.89 Å². The van der Waals surface area contributed by atoms with Crippen LogP contribution in [-0.2, 0) is 14.8 Å². The lowest BCUT2D eigenvalue weighted by molar-refractivity contribution is -0.116. The first-order valence-electron chi connectivity index (χ1n) is 6.85. The Balaban J connectivity index is 2.14. The summed E-state index contributed by atoms with van der Waals surface area (Å²) in [7, 11) is -2.71. The van der Waals surface area contributed by atoms with Crippen molar-refractivity contribution in [2.24, 2.45) is 0 Å². The zero-order valence-corrected chi connectivity index (χ0v) is 14.0. The quantitative estimate of drug-likeness (QED) is 0.848. The summed E-state index contributed by atoms with van der Waals surface area (Å²) in [6.07, 6.45) is 0. The molecule has 24 heavy (non-hydrogen) atoms. The second kappa shape index (κ2) is 6.65. The first kappa shape index (κ1) is 18.0. The van der Waals surface area contributed by atoms with E-state index in [2.05, 4.69) is 15.5 Å². The third-order valence-electron chi connectivity index (χ3n) is 3.30. The zero-order valence-electron chi connectivity index (χ0n) is 13.2. The number of hydrogen-bond acceptors (Lipinski definition) is 4. The van der Waals surface area contributed by atoms with Gasteiger partial charge in [0.2, 0.25) is 15.9 Å². The SMILES string of the molecule is Cc1n[nH]c(C)c1S(=O)(=O)N(C)CC(=O)Nc1ccc(F)cc1F. The molecule has 0 saturated heterocycles. The second-order valence-corrected chi connectivity index (χ2v) is 7.18. The van der Waals surface area contributed by atoms with Crippen LogP contribution in [0.3, 0.4) is 0 Å². The Kier molecular flexibility index (Phi) is 4.99. The summed E-state index contributed by atoms with van der Waals surface area (Å²) in [5.41, 5.74) is 0.400. The van der Waals surface area contributed by atoms with Crippen LogP contribution < -0.4 is 5.32 Å². The van der Waals surface area contributed by atoms with Gasteiger partial charge in [0.15, 0.2) is 0 Å². The monoisotopic (exact) mass is 358 g/mol. The standard InChI is InChI=1S/C14H16F2N4O3S/c1-8-14(9(2)19-18-8)24(22,23)20(3)7-13(21)17-12-5-4-10(15)6-11(12)16/h4-6H,7H2,1-3H3,(H,17,21)(H,18,19). The first-order chi connectivity index (χ1) is 11.1. The van der Waals surface area contributed by atoms with Crippen LogP contribution in [0.4, 0.5) is 14.5 Å². The lowest BCUT2D eigenvalue weighted by atomic mass is 10.3. The number of likely N-dealkylation sites (N-methyl/N-ethyl adjacent to an activating group) is 1. The average Bonchev–Trinajstić information content (AvgIpc) is 2.81. The third kappa shape index (κ3) is 3.60. The van der Waals surface area contributed by atoms with E-state index in [4.69, 9.17) is 0 Å². The number of nitrogens with one attached hydrogen (secondary N) is 2. The second-order valence-electron chi connectivity index (χ2n) is 5.20. The molecule has 0 spiro atoms. The predicted molar refractivity (Wildman–Crippen MR) is 82.9 cm³/mol. The number of rotatable bonds is 5. The number of aromatic nitrogens is 2. The van der Waals surface area contributed by atoms with Crippen molar-refractivity contribution < 1.29 is 22.0 Å². The van der Waals surface area contributed by atoms with E-state index in [1.54, 1.807) is 6.92 Å². The molecule has 1 aromatic carbocycles. The molecule has 130 valence electrons. The maximum Gasteiger partial charge on any atom is 0.246 e. The number of sulfonamides is 1. The molecule has 0 aliphatic carbocycles. The molecule has 0 atom stereocenters. The highest BCUT2D eigenvalue weighted by Crippen LogP contribution is 2.21. The predicted octanol–water partition coefficient (Wildman–Crippen LogP) is 1.56. The molecule has 2 aromatic rings. The van der Waals surface area contributed by atoms with Crippen LogP contribution in [0.15, 0.2) is 23.1 Å². The van der Waals surface area contributed by atoms with Gasteiger partial charge in [-0.25, -0.2) is 17.2 Å². The fourth-order valence-electron chi connectivity index (χ4n) is 2.14. The molecular weight excluding hydrogens is 342 g/mol. The van der Waals surface area contributed by atoms with Crippen molar-refractivity contribution >= 4 is 21.6 Å². The van der Waals surface area contributed by atoms with Crippen LogP contribution in [0.2, 0.25) is 0 Å². The van der Waals surface area contributed by atoms with Gasteiger partial charge in [0.25, 0.3) is 0 Å². The molecule has 1 heterocycles. The number of halogens is 2. The number of carbonyl (C=O) groups excluding carboxylic acids is 1. The Morgan fingerprint density at radius 3 is 2.54 bits per heavy atom. The third-order valence-corrected chi connectivity index (χ3v) is 5.37. The molecule has 1 aromatic heterocycles. The minimum Gasteiger partial charge on any atom is -0.322 e. The van der Waals surface area contributed by atoms with Crippen molar-refractivity contribution in [3.8, 4) is 0 Å². The maximum atomic E-state index is 13.5. The van der Waals surface area contributed by atoms with Gasteiger partial charge in [-0.05, 0) is 26.0 Å². The minimum absolute atomic E-state index is 0.00855. The molecule has 0 radical (unpaired) electrons. The van der Waals surface area contributed by atoms with Crippen molar-refractivity contribution in [3.63, 3.8) is 0 Å². The number of hydrogen-bond donors (Lipinski definition) is 2. The summed E-state index contributed by atoms with van der Waals surface area (Å²) in [5, 5.41) is 8.58. The smallest absolute Gasteiger partial charge is 0.246 e. The Morgan fingerprint density at radius 1 is 1.33 bits per heavy atom. The van der Waals surface area contributed by atoms with Gasteiger partial charge < -0.3 is 5.32 Å². The fraction of sp³-hybridized carbons (Fsp3) is 0.286. The molecule has 0 bridgehead atoms. The number of nitrogens with zero attached hydrogens (tertiary/aromatic N) is 2. The van der Waals surface area contributed by atoms with E-state index in [0.29, 0.717) is 11.8 Å². The number of benzene rings is 1. The van der Waals surface area contributed by atoms with Gasteiger partial charge in [0, 0.05) is 13.1 Å². The molecule has 0 fully saturated rings. The van der Waals surface area contributed by atoms with E-state index in [0.717, 1.165) is 16.4 Å². The Bertz CT molecular complexity index is 861. The van der Waals surface area contributed by atoms with Gasteiger partial charge in [-0.2, -0.15) is 9.40 Å². The largest absolute Gasteiger partial charge is 0.322 e. The van der Waals surface area contributed by atoms with E-state index in [-0.39, 0.29) is 16.3 Å². The summed E-state index contributed by atoms with van der Waals surface area (Å²) in [4.78, 5) is 11.9. The Hall–Kier alpha value is -2.33. The van der Waals surface area contributed by atoms with Crippen LogP contribution in [0.5, 0.6) is 0 Å². The van der Waals surface area contributed by atoms with E-state index in [9.17, 15) is 22.0 Å². The molecule has 2 N–H and O–H groups in total.